The highest BCUT2D eigenvalue weighted by molar-refractivity contribution is 5.89. The lowest BCUT2D eigenvalue weighted by Gasteiger charge is -2.34. The van der Waals surface area contributed by atoms with Crippen LogP contribution in [0, 0.1) is 11.3 Å². The van der Waals surface area contributed by atoms with E-state index in [2.05, 4.69) is 16.0 Å². The normalized spacial score (nSPS) is 16.1. The van der Waals surface area contributed by atoms with Gasteiger partial charge in [0.1, 0.15) is 6.04 Å². The summed E-state index contributed by atoms with van der Waals surface area (Å²) in [5, 5.41) is 18.9. The van der Waals surface area contributed by atoms with E-state index >= 15 is 0 Å². The number of hydrogen-bond donors (Lipinski definition) is 4. The Balaban J connectivity index is 2.03. The van der Waals surface area contributed by atoms with Crippen LogP contribution in [-0.4, -0.2) is 77.7 Å². The van der Waals surface area contributed by atoms with Crippen molar-refractivity contribution in [3.63, 3.8) is 0 Å². The van der Waals surface area contributed by atoms with Gasteiger partial charge < -0.3 is 20.9 Å². The molecule has 1 fully saturated rings. The number of carbonyl (C=O) groups is 4. The Morgan fingerprint density at radius 1 is 1.23 bits per heavy atom. The molecule has 194 valence electrons. The second-order valence-corrected chi connectivity index (χ2v) is 10.0. The van der Waals surface area contributed by atoms with Gasteiger partial charge in [-0.25, -0.2) is 9.86 Å². The van der Waals surface area contributed by atoms with Crippen molar-refractivity contribution in [3.8, 4) is 0 Å². The molecule has 10 heteroatoms. The average molecular weight is 490 g/mol. The van der Waals surface area contributed by atoms with Crippen molar-refractivity contribution in [2.45, 2.75) is 59.0 Å². The van der Waals surface area contributed by atoms with E-state index in [0.717, 1.165) is 12.0 Å². The number of hydroxylamine groups is 2. The summed E-state index contributed by atoms with van der Waals surface area (Å²) in [6.45, 7) is 8.97. The maximum Gasteiger partial charge on any atom is 0.317 e. The number of urea groups is 1. The van der Waals surface area contributed by atoms with E-state index in [1.807, 2.05) is 51.1 Å². The van der Waals surface area contributed by atoms with E-state index in [9.17, 15) is 24.4 Å². The highest BCUT2D eigenvalue weighted by Gasteiger charge is 2.36. The first-order valence-corrected chi connectivity index (χ1v) is 12.1. The van der Waals surface area contributed by atoms with Crippen LogP contribution < -0.4 is 16.0 Å². The summed E-state index contributed by atoms with van der Waals surface area (Å²) in [4.78, 5) is 50.8. The highest BCUT2D eigenvalue weighted by Crippen LogP contribution is 2.23. The summed E-state index contributed by atoms with van der Waals surface area (Å²) < 4.78 is 0. The zero-order chi connectivity index (χ0) is 26.0. The molecule has 0 aliphatic carbocycles. The van der Waals surface area contributed by atoms with Crippen LogP contribution in [0.25, 0.3) is 0 Å². The molecule has 1 aliphatic rings. The molecule has 4 N–H and O–H groups in total. The zero-order valence-electron chi connectivity index (χ0n) is 21.1. The van der Waals surface area contributed by atoms with Gasteiger partial charge >= 0.3 is 6.03 Å². The van der Waals surface area contributed by atoms with Crippen LogP contribution in [0.2, 0.25) is 0 Å². The van der Waals surface area contributed by atoms with E-state index in [1.54, 1.807) is 11.8 Å². The van der Waals surface area contributed by atoms with E-state index in [1.165, 1.54) is 0 Å². The van der Waals surface area contributed by atoms with Gasteiger partial charge in [0.05, 0.1) is 12.0 Å². The Labute approximate surface area is 207 Å². The van der Waals surface area contributed by atoms with E-state index in [0.29, 0.717) is 37.5 Å². The van der Waals surface area contributed by atoms with Crippen molar-refractivity contribution in [1.82, 2.24) is 25.9 Å². The van der Waals surface area contributed by atoms with Crippen LogP contribution >= 0.6 is 0 Å². The Hall–Kier alpha value is -3.14. The number of rotatable bonds is 13. The molecule has 1 aromatic rings. The standard InChI is InChI=1S/C25H39N5O5/c1-18(30(35)17-31)20(12-8-11-19-9-6-5-7-10-19)22(32)28-21(25(2,3)4)23(33)26-13-15-29-16-14-27-24(29)34/h5-7,9-10,17-18,20-21,35H,8,11-16H2,1-4H3,(H,26,33)(H,27,34)(H,28,32)/t18-,20?,21?/m0/s1. The number of nitrogens with one attached hydrogen (secondary N) is 3. The first kappa shape index (κ1) is 28.1. The lowest BCUT2D eigenvalue weighted by atomic mass is 9.84. The summed E-state index contributed by atoms with van der Waals surface area (Å²) in [6.07, 6.45) is 2.13. The molecule has 1 aromatic carbocycles. The summed E-state index contributed by atoms with van der Waals surface area (Å²) in [6, 6.07) is 8.10. The number of nitrogens with zero attached hydrogens (tertiary/aromatic N) is 2. The van der Waals surface area contributed by atoms with Gasteiger partial charge in [-0.3, -0.25) is 19.6 Å². The third-order valence-corrected chi connectivity index (χ3v) is 6.31. The second kappa shape index (κ2) is 13.1. The highest BCUT2D eigenvalue weighted by atomic mass is 16.5. The first-order chi connectivity index (χ1) is 16.5. The number of hydrogen-bond acceptors (Lipinski definition) is 5. The van der Waals surface area contributed by atoms with Crippen LogP contribution in [0.1, 0.15) is 46.1 Å². The smallest absolute Gasteiger partial charge is 0.317 e. The largest absolute Gasteiger partial charge is 0.353 e. The van der Waals surface area contributed by atoms with Gasteiger partial charge in [0.15, 0.2) is 0 Å². The summed E-state index contributed by atoms with van der Waals surface area (Å²) in [5.41, 5.74) is 0.542. The molecule has 0 radical (unpaired) electrons. The lowest BCUT2D eigenvalue weighted by molar-refractivity contribution is -0.166. The van der Waals surface area contributed by atoms with E-state index in [-0.39, 0.29) is 24.9 Å². The van der Waals surface area contributed by atoms with Gasteiger partial charge in [-0.2, -0.15) is 0 Å². The summed E-state index contributed by atoms with van der Waals surface area (Å²) >= 11 is 0. The molecule has 2 unspecified atom stereocenters. The van der Waals surface area contributed by atoms with Crippen molar-refractivity contribution in [2.24, 2.45) is 11.3 Å². The lowest BCUT2D eigenvalue weighted by Crippen LogP contribution is -2.57. The predicted molar refractivity (Wildman–Crippen MR) is 131 cm³/mol. The Morgan fingerprint density at radius 3 is 2.49 bits per heavy atom. The molecule has 1 aliphatic heterocycles. The van der Waals surface area contributed by atoms with Gasteiger partial charge in [0, 0.05) is 26.2 Å². The Morgan fingerprint density at radius 2 is 1.91 bits per heavy atom. The van der Waals surface area contributed by atoms with Gasteiger partial charge in [0.25, 0.3) is 0 Å². The third kappa shape index (κ3) is 8.54. The second-order valence-electron chi connectivity index (χ2n) is 10.0. The Kier molecular flexibility index (Phi) is 10.5. The van der Waals surface area contributed by atoms with Crippen LogP contribution in [0.4, 0.5) is 4.79 Å². The third-order valence-electron chi connectivity index (χ3n) is 6.31. The van der Waals surface area contributed by atoms with Crippen molar-refractivity contribution >= 4 is 24.3 Å². The first-order valence-electron chi connectivity index (χ1n) is 12.1. The maximum absolute atomic E-state index is 13.3. The molecule has 10 nitrogen and oxygen atoms in total. The maximum atomic E-state index is 13.3. The van der Waals surface area contributed by atoms with Crippen molar-refractivity contribution in [1.29, 1.82) is 0 Å². The van der Waals surface area contributed by atoms with Crippen molar-refractivity contribution < 1.29 is 24.4 Å². The molecule has 0 spiro atoms. The molecule has 0 bridgehead atoms. The quantitative estimate of drug-likeness (QED) is 0.190. The zero-order valence-corrected chi connectivity index (χ0v) is 21.1. The SMILES string of the molecule is C[C@@H](C(CCCc1ccccc1)C(=O)NC(C(=O)NCCN1CCNC1=O)C(C)(C)C)N(O)C=O. The number of amides is 5. The van der Waals surface area contributed by atoms with Gasteiger partial charge in [-0.1, -0.05) is 51.1 Å². The predicted octanol–water partition coefficient (Wildman–Crippen LogP) is 1.53. The van der Waals surface area contributed by atoms with Gasteiger partial charge in [-0.15, -0.1) is 0 Å². The van der Waals surface area contributed by atoms with Gasteiger partial charge in [0.2, 0.25) is 18.2 Å². The molecule has 0 aromatic heterocycles. The molecule has 1 heterocycles. The number of carbonyl (C=O) groups excluding carboxylic acids is 4. The minimum atomic E-state index is -0.838. The summed E-state index contributed by atoms with van der Waals surface area (Å²) in [7, 11) is 0. The molecule has 0 saturated carbocycles. The fraction of sp³-hybridized carbons (Fsp3) is 0.600. The van der Waals surface area contributed by atoms with E-state index in [4.69, 9.17) is 0 Å². The molecule has 5 amide bonds. The fourth-order valence-electron chi connectivity index (χ4n) is 4.11. The van der Waals surface area contributed by atoms with Crippen LogP contribution in [0.15, 0.2) is 30.3 Å². The van der Waals surface area contributed by atoms with Crippen molar-refractivity contribution in [2.75, 3.05) is 26.2 Å². The van der Waals surface area contributed by atoms with Crippen LogP contribution in [-0.2, 0) is 20.8 Å². The van der Waals surface area contributed by atoms with Gasteiger partial charge in [-0.05, 0) is 37.2 Å². The van der Waals surface area contributed by atoms with Crippen molar-refractivity contribution in [3.05, 3.63) is 35.9 Å². The van der Waals surface area contributed by atoms with E-state index < -0.39 is 29.3 Å². The minimum Gasteiger partial charge on any atom is -0.353 e. The molecule has 1 saturated heterocycles. The number of benzene rings is 1. The Bertz CT molecular complexity index is 858. The minimum absolute atomic E-state index is 0.156. The fourth-order valence-corrected chi connectivity index (χ4v) is 4.11. The molecule has 35 heavy (non-hydrogen) atoms. The monoisotopic (exact) mass is 489 g/mol. The molecule has 3 atom stereocenters. The molecular weight excluding hydrogens is 450 g/mol. The summed E-state index contributed by atoms with van der Waals surface area (Å²) in [5.74, 6) is -1.46. The molecule has 2 rings (SSSR count). The average Bonchev–Trinajstić information content (AvgIpc) is 3.23. The molecular formula is C25H39N5O5. The van der Waals surface area contributed by atoms with Crippen LogP contribution in [0.5, 0.6) is 0 Å². The topological polar surface area (TPSA) is 131 Å². The number of aryl methyl sites for hydroxylation is 1. The van der Waals surface area contributed by atoms with Crippen LogP contribution in [0.3, 0.4) is 0 Å².